The molecule has 9 heteroatoms. The van der Waals surface area contributed by atoms with E-state index in [-0.39, 0.29) is 42.7 Å². The number of fused-ring (bicyclic) bond motifs is 1. The van der Waals surface area contributed by atoms with Crippen LogP contribution >= 0.6 is 24.0 Å². The van der Waals surface area contributed by atoms with Gasteiger partial charge in [-0.15, -0.1) is 24.0 Å². The van der Waals surface area contributed by atoms with Gasteiger partial charge in [0.25, 0.3) is 0 Å². The summed E-state index contributed by atoms with van der Waals surface area (Å²) in [5, 5.41) is 13.5. The van der Waals surface area contributed by atoms with Gasteiger partial charge in [0.15, 0.2) is 5.96 Å². The number of piperazine rings is 1. The minimum atomic E-state index is -0.652. The van der Waals surface area contributed by atoms with E-state index in [1.807, 2.05) is 52.0 Å². The molecule has 1 saturated heterocycles. The van der Waals surface area contributed by atoms with Crippen LogP contribution in [0.3, 0.4) is 0 Å². The van der Waals surface area contributed by atoms with Gasteiger partial charge in [0.1, 0.15) is 24.1 Å². The van der Waals surface area contributed by atoms with Gasteiger partial charge in [0, 0.05) is 26.2 Å². The van der Waals surface area contributed by atoms with Gasteiger partial charge in [0.2, 0.25) is 0 Å². The number of carbonyl (C=O) groups excluding carboxylic acids is 1. The summed E-state index contributed by atoms with van der Waals surface area (Å²) in [6.07, 6.45) is -0.928. The number of aliphatic imine (C=N–C) groups is 1. The van der Waals surface area contributed by atoms with Crippen LogP contribution in [0.1, 0.15) is 26.3 Å². The summed E-state index contributed by atoms with van der Waals surface area (Å²) in [5.41, 5.74) is 0.621. The van der Waals surface area contributed by atoms with E-state index in [2.05, 4.69) is 15.2 Å². The van der Waals surface area contributed by atoms with Crippen molar-refractivity contribution in [3.8, 4) is 5.75 Å². The van der Waals surface area contributed by atoms with E-state index in [4.69, 9.17) is 9.47 Å². The van der Waals surface area contributed by atoms with Crippen molar-refractivity contribution in [1.29, 1.82) is 0 Å². The standard InChI is InChI=1S/C21H32N4O4.HI/c1-15-6-5-7-18(10-15)28-14-17(26)12-23-19-22-11-16-13-24(8-9-25(16)19)20(27)29-21(2,3)4;/h5-7,10,16-17,26H,8-9,11-14H2,1-4H3,(H,22,23);1H. The van der Waals surface area contributed by atoms with E-state index < -0.39 is 11.7 Å². The topological polar surface area (TPSA) is 86.6 Å². The van der Waals surface area contributed by atoms with Crippen LogP contribution in [0.4, 0.5) is 4.79 Å². The molecule has 2 atom stereocenters. The lowest BCUT2D eigenvalue weighted by Gasteiger charge is -2.39. The number of aryl methyl sites for hydroxylation is 1. The Morgan fingerprint density at radius 2 is 2.13 bits per heavy atom. The molecule has 2 aliphatic heterocycles. The molecule has 0 saturated carbocycles. The fourth-order valence-corrected chi connectivity index (χ4v) is 3.39. The number of guanidine groups is 1. The van der Waals surface area contributed by atoms with Gasteiger partial charge in [-0.2, -0.15) is 0 Å². The van der Waals surface area contributed by atoms with Gasteiger partial charge in [-0.3, -0.25) is 4.99 Å². The molecule has 0 aliphatic carbocycles. The molecule has 168 valence electrons. The van der Waals surface area contributed by atoms with E-state index in [1.54, 1.807) is 4.90 Å². The fourth-order valence-electron chi connectivity index (χ4n) is 3.39. The van der Waals surface area contributed by atoms with Gasteiger partial charge in [0.05, 0.1) is 12.6 Å². The Morgan fingerprint density at radius 1 is 1.37 bits per heavy atom. The van der Waals surface area contributed by atoms with Crippen LogP contribution in [0.25, 0.3) is 0 Å². The molecular formula is C21H33IN4O4. The number of halogens is 1. The zero-order valence-electron chi connectivity index (χ0n) is 18.1. The highest BCUT2D eigenvalue weighted by Crippen LogP contribution is 2.18. The molecule has 0 radical (unpaired) electrons. The minimum absolute atomic E-state index is 0. The first-order chi connectivity index (χ1) is 13.7. The average Bonchev–Trinajstić information content (AvgIpc) is 3.05. The van der Waals surface area contributed by atoms with Crippen LogP contribution in [-0.2, 0) is 4.74 Å². The maximum Gasteiger partial charge on any atom is 0.410 e. The van der Waals surface area contributed by atoms with Crippen LogP contribution in [0.2, 0.25) is 0 Å². The van der Waals surface area contributed by atoms with Gasteiger partial charge in [-0.1, -0.05) is 12.1 Å². The molecular weight excluding hydrogens is 499 g/mol. The highest BCUT2D eigenvalue weighted by atomic mass is 127. The first kappa shape index (κ1) is 24.5. The molecule has 3 rings (SSSR count). The molecule has 1 aromatic carbocycles. The van der Waals surface area contributed by atoms with Crippen molar-refractivity contribution in [1.82, 2.24) is 15.1 Å². The molecule has 2 heterocycles. The second-order valence-electron chi connectivity index (χ2n) is 8.60. The highest BCUT2D eigenvalue weighted by molar-refractivity contribution is 14.0. The summed E-state index contributed by atoms with van der Waals surface area (Å²) in [5.74, 6) is 1.52. The van der Waals surface area contributed by atoms with Crippen molar-refractivity contribution in [2.75, 3.05) is 39.3 Å². The molecule has 0 bridgehead atoms. The van der Waals surface area contributed by atoms with Crippen LogP contribution in [0.5, 0.6) is 5.75 Å². The first-order valence-corrected chi connectivity index (χ1v) is 10.1. The third-order valence-electron chi connectivity index (χ3n) is 4.79. The highest BCUT2D eigenvalue weighted by Gasteiger charge is 2.36. The van der Waals surface area contributed by atoms with Gasteiger partial charge >= 0.3 is 6.09 Å². The third kappa shape index (κ3) is 6.90. The Bertz CT molecular complexity index is 753. The SMILES string of the molecule is Cc1cccc(OCC(O)CNC2=NCC3CN(C(=O)OC(C)(C)C)CCN23)c1.I. The summed E-state index contributed by atoms with van der Waals surface area (Å²) in [6, 6.07) is 7.89. The second-order valence-corrected chi connectivity index (χ2v) is 8.60. The molecule has 2 aliphatic rings. The molecule has 2 N–H and O–H groups in total. The van der Waals surface area contributed by atoms with E-state index in [1.165, 1.54) is 0 Å². The number of benzene rings is 1. The lowest BCUT2D eigenvalue weighted by molar-refractivity contribution is 0.0137. The van der Waals surface area contributed by atoms with E-state index in [0.29, 0.717) is 32.7 Å². The number of hydrogen-bond acceptors (Lipinski definition) is 7. The number of rotatable bonds is 5. The smallest absolute Gasteiger partial charge is 0.410 e. The van der Waals surface area contributed by atoms with Gasteiger partial charge < -0.3 is 29.7 Å². The lowest BCUT2D eigenvalue weighted by atomic mass is 10.2. The van der Waals surface area contributed by atoms with Crippen molar-refractivity contribution in [3.63, 3.8) is 0 Å². The zero-order valence-corrected chi connectivity index (χ0v) is 20.5. The summed E-state index contributed by atoms with van der Waals surface area (Å²) >= 11 is 0. The number of nitrogens with one attached hydrogen (secondary N) is 1. The molecule has 1 aromatic rings. The number of hydrogen-bond donors (Lipinski definition) is 2. The largest absolute Gasteiger partial charge is 0.491 e. The normalized spacial score (nSPS) is 19.4. The average molecular weight is 532 g/mol. The Morgan fingerprint density at radius 3 is 2.83 bits per heavy atom. The summed E-state index contributed by atoms with van der Waals surface area (Å²) in [7, 11) is 0. The van der Waals surface area contributed by atoms with Crippen LogP contribution in [0, 0.1) is 6.92 Å². The summed E-state index contributed by atoms with van der Waals surface area (Å²) < 4.78 is 11.1. The maximum absolute atomic E-state index is 12.3. The third-order valence-corrected chi connectivity index (χ3v) is 4.79. The summed E-state index contributed by atoms with van der Waals surface area (Å²) in [6.45, 7) is 10.7. The predicted octanol–water partition coefficient (Wildman–Crippen LogP) is 2.23. The summed E-state index contributed by atoms with van der Waals surface area (Å²) in [4.78, 5) is 20.8. The van der Waals surface area contributed by atoms with Crippen LogP contribution in [0.15, 0.2) is 29.3 Å². The molecule has 1 amide bonds. The van der Waals surface area contributed by atoms with Gasteiger partial charge in [-0.25, -0.2) is 4.79 Å². The Balaban J connectivity index is 0.00000320. The van der Waals surface area contributed by atoms with Crippen molar-refractivity contribution >= 4 is 36.0 Å². The van der Waals surface area contributed by atoms with Crippen molar-refractivity contribution in [2.24, 2.45) is 4.99 Å². The van der Waals surface area contributed by atoms with E-state index >= 15 is 0 Å². The first-order valence-electron chi connectivity index (χ1n) is 10.1. The molecule has 2 unspecified atom stereocenters. The molecule has 1 fully saturated rings. The van der Waals surface area contributed by atoms with Crippen LogP contribution in [-0.4, -0.2) is 84.0 Å². The number of aliphatic hydroxyl groups excluding tert-OH is 1. The second kappa shape index (κ2) is 10.5. The predicted molar refractivity (Wildman–Crippen MR) is 127 cm³/mol. The minimum Gasteiger partial charge on any atom is -0.491 e. The van der Waals surface area contributed by atoms with Crippen molar-refractivity contribution in [2.45, 2.75) is 45.4 Å². The number of carbonyl (C=O) groups is 1. The lowest BCUT2D eigenvalue weighted by Crippen LogP contribution is -2.58. The monoisotopic (exact) mass is 532 g/mol. The molecule has 30 heavy (non-hydrogen) atoms. The van der Waals surface area contributed by atoms with Crippen molar-refractivity contribution in [3.05, 3.63) is 29.8 Å². The molecule has 8 nitrogen and oxygen atoms in total. The molecule has 0 spiro atoms. The zero-order chi connectivity index (χ0) is 21.0. The Kier molecular flexibility index (Phi) is 8.60. The van der Waals surface area contributed by atoms with E-state index in [0.717, 1.165) is 17.3 Å². The van der Waals surface area contributed by atoms with E-state index in [9.17, 15) is 9.90 Å². The Labute approximate surface area is 195 Å². The van der Waals surface area contributed by atoms with Crippen LogP contribution < -0.4 is 10.1 Å². The Hall–Kier alpha value is -1.75. The van der Waals surface area contributed by atoms with Gasteiger partial charge in [-0.05, 0) is 45.4 Å². The molecule has 0 aromatic heterocycles. The quantitative estimate of drug-likeness (QED) is 0.566. The maximum atomic E-state index is 12.3. The number of aliphatic hydroxyl groups is 1. The number of nitrogens with zero attached hydrogens (tertiary/aromatic N) is 3. The number of ether oxygens (including phenoxy) is 2. The fraction of sp³-hybridized carbons (Fsp3) is 0.619. The van der Waals surface area contributed by atoms with Crippen molar-refractivity contribution < 1.29 is 19.4 Å². The number of amides is 1.